The summed E-state index contributed by atoms with van der Waals surface area (Å²) >= 11 is 0. The van der Waals surface area contributed by atoms with Gasteiger partial charge in [0.15, 0.2) is 0 Å². The minimum atomic E-state index is -3.40. The molecule has 0 radical (unpaired) electrons. The highest BCUT2D eigenvalue weighted by atomic mass is 32.2. The van der Waals surface area contributed by atoms with Crippen molar-refractivity contribution in [3.63, 3.8) is 0 Å². The molecule has 0 saturated carbocycles. The van der Waals surface area contributed by atoms with Crippen molar-refractivity contribution in [2.75, 3.05) is 33.3 Å². The fourth-order valence-electron chi connectivity index (χ4n) is 2.40. The zero-order chi connectivity index (χ0) is 15.3. The molecule has 0 bridgehead atoms. The van der Waals surface area contributed by atoms with Gasteiger partial charge in [0.2, 0.25) is 10.0 Å². The predicted molar refractivity (Wildman–Crippen MR) is 82.9 cm³/mol. The summed E-state index contributed by atoms with van der Waals surface area (Å²) < 4.78 is 32.3. The molecule has 0 aromatic heterocycles. The fraction of sp³-hybridized carbons (Fsp3) is 0.600. The van der Waals surface area contributed by atoms with Crippen molar-refractivity contribution in [2.24, 2.45) is 0 Å². The summed E-state index contributed by atoms with van der Waals surface area (Å²) in [5, 5.41) is 3.08. The number of nitrogens with zero attached hydrogens (tertiary/aromatic N) is 1. The summed E-state index contributed by atoms with van der Waals surface area (Å²) in [6, 6.07) is 7.19. The van der Waals surface area contributed by atoms with E-state index in [1.165, 1.54) is 4.31 Å². The van der Waals surface area contributed by atoms with E-state index in [-0.39, 0.29) is 6.10 Å². The number of sulfonamides is 1. The van der Waals surface area contributed by atoms with Gasteiger partial charge in [-0.25, -0.2) is 8.42 Å². The van der Waals surface area contributed by atoms with Crippen LogP contribution in [0, 0.1) is 0 Å². The van der Waals surface area contributed by atoms with Gasteiger partial charge in [-0.2, -0.15) is 4.31 Å². The Hall–Kier alpha value is -0.950. The van der Waals surface area contributed by atoms with Gasteiger partial charge < -0.3 is 10.1 Å². The lowest BCUT2D eigenvalue weighted by Crippen LogP contribution is -2.45. The molecule has 0 spiro atoms. The van der Waals surface area contributed by atoms with E-state index in [0.717, 1.165) is 24.9 Å². The van der Waals surface area contributed by atoms with Crippen LogP contribution in [0.2, 0.25) is 0 Å². The highest BCUT2D eigenvalue weighted by Gasteiger charge is 2.29. The van der Waals surface area contributed by atoms with E-state index in [2.05, 4.69) is 5.32 Å². The first-order valence-electron chi connectivity index (χ1n) is 7.43. The van der Waals surface area contributed by atoms with Crippen LogP contribution in [0.3, 0.4) is 0 Å². The van der Waals surface area contributed by atoms with E-state index in [9.17, 15) is 8.42 Å². The van der Waals surface area contributed by atoms with E-state index in [0.29, 0.717) is 24.6 Å². The molecular weight excluding hydrogens is 288 g/mol. The van der Waals surface area contributed by atoms with Crippen LogP contribution in [0.5, 0.6) is 0 Å². The predicted octanol–water partition coefficient (Wildman–Crippen LogP) is 1.25. The summed E-state index contributed by atoms with van der Waals surface area (Å²) in [4.78, 5) is 0.368. The number of benzene rings is 1. The number of ether oxygens (including phenoxy) is 1. The molecule has 6 heteroatoms. The maximum Gasteiger partial charge on any atom is 0.243 e. The van der Waals surface area contributed by atoms with Gasteiger partial charge in [0.05, 0.1) is 17.6 Å². The molecule has 1 aliphatic heterocycles. The number of nitrogens with one attached hydrogen (secondary N) is 1. The molecule has 0 amide bonds. The topological polar surface area (TPSA) is 58.6 Å². The third-order valence-corrected chi connectivity index (χ3v) is 5.66. The molecule has 118 valence electrons. The zero-order valence-corrected chi connectivity index (χ0v) is 13.5. The quantitative estimate of drug-likeness (QED) is 0.859. The summed E-state index contributed by atoms with van der Waals surface area (Å²) in [5.74, 6) is 0. The monoisotopic (exact) mass is 312 g/mol. The number of rotatable bonds is 6. The molecule has 1 atom stereocenters. The van der Waals surface area contributed by atoms with E-state index in [1.54, 1.807) is 12.1 Å². The summed E-state index contributed by atoms with van der Waals surface area (Å²) in [5.41, 5.74) is 1.14. The molecule has 1 unspecified atom stereocenters. The summed E-state index contributed by atoms with van der Waals surface area (Å²) in [7, 11) is -1.50. The van der Waals surface area contributed by atoms with Gasteiger partial charge in [-0.3, -0.25) is 0 Å². The Morgan fingerprint density at radius 2 is 2.05 bits per heavy atom. The van der Waals surface area contributed by atoms with Crippen LogP contribution in [0.1, 0.15) is 18.9 Å². The Kier molecular flexibility index (Phi) is 5.75. The lowest BCUT2D eigenvalue weighted by Gasteiger charge is -2.31. The maximum atomic E-state index is 12.6. The minimum absolute atomic E-state index is 0.00317. The Bertz CT molecular complexity index is 543. The molecule has 0 aliphatic carbocycles. The second kappa shape index (κ2) is 7.35. The largest absolute Gasteiger partial charge is 0.375 e. The van der Waals surface area contributed by atoms with Gasteiger partial charge in [0, 0.05) is 13.1 Å². The SMILES string of the molecule is CCC1CN(S(=O)(=O)c2ccc(CCNC)cc2)CCO1. The average Bonchev–Trinajstić information content (AvgIpc) is 2.53. The molecule has 1 aromatic carbocycles. The van der Waals surface area contributed by atoms with E-state index < -0.39 is 10.0 Å². The van der Waals surface area contributed by atoms with Gasteiger partial charge in [0.25, 0.3) is 0 Å². The highest BCUT2D eigenvalue weighted by molar-refractivity contribution is 7.89. The molecule has 1 aliphatic rings. The van der Waals surface area contributed by atoms with Crippen LogP contribution >= 0.6 is 0 Å². The molecule has 1 saturated heterocycles. The van der Waals surface area contributed by atoms with Crippen LogP contribution in [-0.4, -0.2) is 52.1 Å². The number of morpholine rings is 1. The lowest BCUT2D eigenvalue weighted by molar-refractivity contribution is -0.00277. The Balaban J connectivity index is 2.11. The average molecular weight is 312 g/mol. The van der Waals surface area contributed by atoms with Gasteiger partial charge in [-0.1, -0.05) is 19.1 Å². The first kappa shape index (κ1) is 16.4. The normalized spacial score (nSPS) is 20.6. The van der Waals surface area contributed by atoms with Crippen LogP contribution in [0.25, 0.3) is 0 Å². The summed E-state index contributed by atoms with van der Waals surface area (Å²) in [6.45, 7) is 4.24. The number of hydrogen-bond donors (Lipinski definition) is 1. The first-order valence-corrected chi connectivity index (χ1v) is 8.87. The van der Waals surface area contributed by atoms with Crippen molar-refractivity contribution >= 4 is 10.0 Å². The molecule has 1 fully saturated rings. The van der Waals surface area contributed by atoms with Crippen LogP contribution in [-0.2, 0) is 21.2 Å². The number of likely N-dealkylation sites (N-methyl/N-ethyl adjacent to an activating group) is 1. The van der Waals surface area contributed by atoms with Gasteiger partial charge in [0.1, 0.15) is 0 Å². The van der Waals surface area contributed by atoms with Crippen molar-refractivity contribution in [3.05, 3.63) is 29.8 Å². The summed E-state index contributed by atoms with van der Waals surface area (Å²) in [6.07, 6.45) is 1.73. The second-order valence-corrected chi connectivity index (χ2v) is 7.20. The smallest absolute Gasteiger partial charge is 0.243 e. The van der Waals surface area contributed by atoms with Crippen LogP contribution in [0.4, 0.5) is 0 Å². The molecule has 21 heavy (non-hydrogen) atoms. The van der Waals surface area contributed by atoms with E-state index in [4.69, 9.17) is 4.74 Å². The third-order valence-electron chi connectivity index (χ3n) is 3.78. The molecule has 1 N–H and O–H groups in total. The molecule has 1 heterocycles. The zero-order valence-electron chi connectivity index (χ0n) is 12.7. The van der Waals surface area contributed by atoms with Crippen molar-refractivity contribution in [1.29, 1.82) is 0 Å². The third kappa shape index (κ3) is 4.03. The Morgan fingerprint density at radius 1 is 1.33 bits per heavy atom. The highest BCUT2D eigenvalue weighted by Crippen LogP contribution is 2.20. The van der Waals surface area contributed by atoms with Crippen molar-refractivity contribution in [3.8, 4) is 0 Å². The van der Waals surface area contributed by atoms with Gasteiger partial charge >= 0.3 is 0 Å². The van der Waals surface area contributed by atoms with E-state index in [1.807, 2.05) is 26.1 Å². The lowest BCUT2D eigenvalue weighted by atomic mass is 10.1. The van der Waals surface area contributed by atoms with Crippen LogP contribution in [0.15, 0.2) is 29.2 Å². The van der Waals surface area contributed by atoms with E-state index >= 15 is 0 Å². The molecule has 2 rings (SSSR count). The van der Waals surface area contributed by atoms with Gasteiger partial charge in [-0.15, -0.1) is 0 Å². The first-order chi connectivity index (χ1) is 10.1. The van der Waals surface area contributed by atoms with Crippen molar-refractivity contribution < 1.29 is 13.2 Å². The fourth-order valence-corrected chi connectivity index (χ4v) is 3.86. The maximum absolute atomic E-state index is 12.6. The number of hydrogen-bond acceptors (Lipinski definition) is 4. The van der Waals surface area contributed by atoms with Crippen LogP contribution < -0.4 is 5.32 Å². The molecular formula is C15H24N2O3S. The molecule has 5 nitrogen and oxygen atoms in total. The minimum Gasteiger partial charge on any atom is -0.375 e. The van der Waals surface area contributed by atoms with Gasteiger partial charge in [-0.05, 0) is 44.1 Å². The Labute approximate surface area is 127 Å². The van der Waals surface area contributed by atoms with Crippen molar-refractivity contribution in [2.45, 2.75) is 30.8 Å². The second-order valence-electron chi connectivity index (χ2n) is 5.26. The Morgan fingerprint density at radius 3 is 2.67 bits per heavy atom. The van der Waals surface area contributed by atoms with Crippen molar-refractivity contribution in [1.82, 2.24) is 9.62 Å². The molecule has 1 aromatic rings. The standard InChI is InChI=1S/C15H24N2O3S/c1-3-14-12-17(10-11-20-14)21(18,19)15-6-4-13(5-7-15)8-9-16-2/h4-7,14,16H,3,8-12H2,1-2H3.